The van der Waals surface area contributed by atoms with Crippen LogP contribution in [0.2, 0.25) is 0 Å². The number of hydrogen-bond acceptors (Lipinski definition) is 4. The quantitative estimate of drug-likeness (QED) is 0.597. The summed E-state index contributed by atoms with van der Waals surface area (Å²) in [6.45, 7) is 5.42. The van der Waals surface area contributed by atoms with Crippen molar-refractivity contribution in [3.8, 4) is 0 Å². The highest BCUT2D eigenvalue weighted by atomic mass is 15.3. The molecule has 0 spiro atoms. The Balaban J connectivity index is 2.30. The van der Waals surface area contributed by atoms with Crippen LogP contribution in [-0.2, 0) is 0 Å². The van der Waals surface area contributed by atoms with Crippen LogP contribution in [0.1, 0.15) is 32.3 Å². The molecule has 0 bridgehead atoms. The summed E-state index contributed by atoms with van der Waals surface area (Å²) < 4.78 is 0. The van der Waals surface area contributed by atoms with Crippen LogP contribution in [0.15, 0.2) is 12.3 Å². The molecule has 1 aromatic heterocycles. The number of rotatable bonds is 2. The van der Waals surface area contributed by atoms with Crippen LogP contribution in [0.3, 0.4) is 0 Å². The maximum absolute atomic E-state index is 7.58. The van der Waals surface area contributed by atoms with E-state index in [2.05, 4.69) is 28.9 Å². The van der Waals surface area contributed by atoms with Gasteiger partial charge in [0.15, 0.2) is 5.82 Å². The minimum Gasteiger partial charge on any atom is -0.384 e. The van der Waals surface area contributed by atoms with Gasteiger partial charge in [-0.2, -0.15) is 5.10 Å². The molecule has 0 radical (unpaired) electrons. The van der Waals surface area contributed by atoms with Crippen LogP contribution in [0.5, 0.6) is 0 Å². The Kier molecular flexibility index (Phi) is 3.26. The van der Waals surface area contributed by atoms with E-state index in [1.165, 1.54) is 0 Å². The van der Waals surface area contributed by atoms with Gasteiger partial charge in [0.2, 0.25) is 0 Å². The highest BCUT2D eigenvalue weighted by molar-refractivity contribution is 5.99. The summed E-state index contributed by atoms with van der Waals surface area (Å²) in [5.74, 6) is 1.55. The van der Waals surface area contributed by atoms with Gasteiger partial charge in [-0.1, -0.05) is 6.92 Å². The van der Waals surface area contributed by atoms with Crippen molar-refractivity contribution >= 4 is 11.7 Å². The number of amidine groups is 1. The molecule has 5 nitrogen and oxygen atoms in total. The molecule has 3 N–H and O–H groups in total. The van der Waals surface area contributed by atoms with E-state index in [1.807, 2.05) is 0 Å². The van der Waals surface area contributed by atoms with Crippen molar-refractivity contribution in [3.63, 3.8) is 0 Å². The average Bonchev–Trinajstić information content (AvgIpc) is 2.29. The van der Waals surface area contributed by atoms with E-state index in [-0.39, 0.29) is 5.84 Å². The Hall–Kier alpha value is -1.65. The summed E-state index contributed by atoms with van der Waals surface area (Å²) in [5.41, 5.74) is 6.26. The average molecular weight is 233 g/mol. The summed E-state index contributed by atoms with van der Waals surface area (Å²) in [6, 6.07) is 2.18. The van der Waals surface area contributed by atoms with Crippen LogP contribution >= 0.6 is 0 Å². The summed E-state index contributed by atoms with van der Waals surface area (Å²) in [5, 5.41) is 15.7. The maximum Gasteiger partial charge on any atom is 0.162 e. The van der Waals surface area contributed by atoms with E-state index >= 15 is 0 Å². The molecule has 0 amide bonds. The maximum atomic E-state index is 7.58. The molecular weight excluding hydrogens is 214 g/mol. The number of nitrogens with two attached hydrogens (primary N) is 1. The van der Waals surface area contributed by atoms with Crippen molar-refractivity contribution in [2.45, 2.75) is 32.7 Å². The van der Waals surface area contributed by atoms with E-state index < -0.39 is 0 Å². The first kappa shape index (κ1) is 11.8. The molecule has 92 valence electrons. The molecule has 5 heteroatoms. The molecule has 0 saturated carbocycles. The van der Waals surface area contributed by atoms with Crippen molar-refractivity contribution in [2.24, 2.45) is 11.7 Å². The number of nitrogen functional groups attached to an aromatic ring is 1. The van der Waals surface area contributed by atoms with Crippen LogP contribution in [0, 0.1) is 11.3 Å². The van der Waals surface area contributed by atoms with Crippen molar-refractivity contribution in [1.82, 2.24) is 10.2 Å². The SMILES string of the molecule is CC1CCN(c2nnccc2C(=N)N)C(C)C1. The first-order chi connectivity index (χ1) is 8.09. The summed E-state index contributed by atoms with van der Waals surface area (Å²) in [7, 11) is 0. The lowest BCUT2D eigenvalue weighted by molar-refractivity contribution is 0.375. The number of anilines is 1. The third kappa shape index (κ3) is 2.38. The van der Waals surface area contributed by atoms with Crippen LogP contribution < -0.4 is 10.6 Å². The monoisotopic (exact) mass is 233 g/mol. The molecule has 2 rings (SSSR count). The van der Waals surface area contributed by atoms with Gasteiger partial charge in [0.25, 0.3) is 0 Å². The fourth-order valence-corrected chi connectivity index (χ4v) is 2.47. The zero-order valence-corrected chi connectivity index (χ0v) is 10.3. The van der Waals surface area contributed by atoms with Crippen LogP contribution in [0.4, 0.5) is 5.82 Å². The molecule has 1 aliphatic rings. The second kappa shape index (κ2) is 4.69. The number of nitrogens with one attached hydrogen (secondary N) is 1. The molecule has 1 aromatic rings. The predicted molar refractivity (Wildman–Crippen MR) is 68.3 cm³/mol. The Labute approximate surface area is 102 Å². The Morgan fingerprint density at radius 3 is 2.94 bits per heavy atom. The molecule has 2 heterocycles. The number of piperidine rings is 1. The number of aromatic nitrogens is 2. The lowest BCUT2D eigenvalue weighted by Crippen LogP contribution is -2.42. The van der Waals surface area contributed by atoms with Gasteiger partial charge in [0, 0.05) is 12.6 Å². The summed E-state index contributed by atoms with van der Waals surface area (Å²) in [4.78, 5) is 2.21. The fourth-order valence-electron chi connectivity index (χ4n) is 2.47. The fraction of sp³-hybridized carbons (Fsp3) is 0.583. The Morgan fingerprint density at radius 2 is 2.29 bits per heavy atom. The van der Waals surface area contributed by atoms with Gasteiger partial charge < -0.3 is 10.6 Å². The van der Waals surface area contributed by atoms with E-state index in [0.717, 1.165) is 31.1 Å². The molecular formula is C12H19N5. The highest BCUT2D eigenvalue weighted by Crippen LogP contribution is 2.27. The van der Waals surface area contributed by atoms with Gasteiger partial charge in [-0.3, -0.25) is 5.41 Å². The van der Waals surface area contributed by atoms with E-state index in [1.54, 1.807) is 12.3 Å². The minimum atomic E-state index is 0.0562. The Morgan fingerprint density at radius 1 is 1.53 bits per heavy atom. The van der Waals surface area contributed by atoms with Crippen molar-refractivity contribution in [1.29, 1.82) is 5.41 Å². The summed E-state index contributed by atoms with van der Waals surface area (Å²) in [6.07, 6.45) is 3.88. The van der Waals surface area contributed by atoms with Crippen LogP contribution in [-0.4, -0.2) is 28.6 Å². The molecule has 0 aromatic carbocycles. The lowest BCUT2D eigenvalue weighted by Gasteiger charge is -2.37. The zero-order chi connectivity index (χ0) is 12.4. The first-order valence-electron chi connectivity index (χ1n) is 6.02. The van der Waals surface area contributed by atoms with E-state index in [9.17, 15) is 0 Å². The molecule has 1 saturated heterocycles. The molecule has 0 aliphatic carbocycles. The topological polar surface area (TPSA) is 78.9 Å². The highest BCUT2D eigenvalue weighted by Gasteiger charge is 2.26. The third-order valence-corrected chi connectivity index (χ3v) is 3.40. The van der Waals surface area contributed by atoms with Gasteiger partial charge in [0.05, 0.1) is 11.8 Å². The van der Waals surface area contributed by atoms with Gasteiger partial charge in [-0.25, -0.2) is 0 Å². The standard InChI is InChI=1S/C12H19N5/c1-8-4-6-17(9(2)7-8)12-10(11(13)14)3-5-15-16-12/h3,5,8-9H,4,6-7H2,1-2H3,(H3,13,14). The molecule has 17 heavy (non-hydrogen) atoms. The molecule has 1 fully saturated rings. The smallest absolute Gasteiger partial charge is 0.162 e. The van der Waals surface area contributed by atoms with Gasteiger partial charge in [-0.15, -0.1) is 5.10 Å². The molecule has 1 aliphatic heterocycles. The molecule has 2 atom stereocenters. The van der Waals surface area contributed by atoms with Gasteiger partial charge >= 0.3 is 0 Å². The van der Waals surface area contributed by atoms with Crippen molar-refractivity contribution < 1.29 is 0 Å². The normalized spacial score (nSPS) is 24.7. The van der Waals surface area contributed by atoms with E-state index in [4.69, 9.17) is 11.1 Å². The van der Waals surface area contributed by atoms with Crippen molar-refractivity contribution in [3.05, 3.63) is 17.8 Å². The van der Waals surface area contributed by atoms with Gasteiger partial charge in [-0.05, 0) is 31.7 Å². The number of hydrogen-bond donors (Lipinski definition) is 2. The largest absolute Gasteiger partial charge is 0.384 e. The van der Waals surface area contributed by atoms with Crippen molar-refractivity contribution in [2.75, 3.05) is 11.4 Å². The lowest BCUT2D eigenvalue weighted by atomic mass is 9.93. The predicted octanol–water partition coefficient (Wildman–Crippen LogP) is 1.39. The first-order valence-corrected chi connectivity index (χ1v) is 6.02. The van der Waals surface area contributed by atoms with E-state index in [0.29, 0.717) is 11.6 Å². The summed E-state index contributed by atoms with van der Waals surface area (Å²) >= 11 is 0. The zero-order valence-electron chi connectivity index (χ0n) is 10.3. The van der Waals surface area contributed by atoms with Crippen LogP contribution in [0.25, 0.3) is 0 Å². The number of nitrogens with zero attached hydrogens (tertiary/aromatic N) is 3. The Bertz CT molecular complexity index is 417. The second-order valence-corrected chi connectivity index (χ2v) is 4.85. The second-order valence-electron chi connectivity index (χ2n) is 4.85. The minimum absolute atomic E-state index is 0.0562. The van der Waals surface area contributed by atoms with Gasteiger partial charge in [0.1, 0.15) is 5.84 Å². The molecule has 2 unspecified atom stereocenters. The third-order valence-electron chi connectivity index (χ3n) is 3.40.